The van der Waals surface area contributed by atoms with E-state index in [9.17, 15) is 0 Å². The van der Waals surface area contributed by atoms with Gasteiger partial charge in [-0.25, -0.2) is 4.98 Å². The first-order valence-corrected chi connectivity index (χ1v) is 8.34. The summed E-state index contributed by atoms with van der Waals surface area (Å²) in [6.45, 7) is 6.43. The van der Waals surface area contributed by atoms with Crippen LogP contribution in [0.15, 0.2) is 33.3 Å². The van der Waals surface area contributed by atoms with Gasteiger partial charge in [0.1, 0.15) is 0 Å². The highest BCUT2D eigenvalue weighted by atomic mass is 79.9. The van der Waals surface area contributed by atoms with Crippen LogP contribution < -0.4 is 5.32 Å². The molecule has 0 aliphatic heterocycles. The van der Waals surface area contributed by atoms with E-state index in [4.69, 9.17) is 16.0 Å². The molecule has 0 bridgehead atoms. The molecule has 0 amide bonds. The molecule has 2 rings (SSSR count). The highest BCUT2D eigenvalue weighted by molar-refractivity contribution is 9.10. The van der Waals surface area contributed by atoms with Crippen LogP contribution in [0.4, 0.5) is 0 Å². The summed E-state index contributed by atoms with van der Waals surface area (Å²) in [6.07, 6.45) is 3.58. The number of hydrogen-bond donors (Lipinski definition) is 1. The highest BCUT2D eigenvalue weighted by Gasteiger charge is 2.10. The number of aryl methyl sites for hydroxylation is 1. The Bertz CT molecular complexity index is 583. The lowest BCUT2D eigenvalue weighted by Crippen LogP contribution is -2.21. The zero-order chi connectivity index (χ0) is 15.2. The van der Waals surface area contributed by atoms with Crippen LogP contribution in [0.3, 0.4) is 0 Å². The Morgan fingerprint density at radius 3 is 2.95 bits per heavy atom. The molecule has 3 nitrogen and oxygen atoms in total. The Morgan fingerprint density at radius 2 is 2.19 bits per heavy atom. The predicted molar refractivity (Wildman–Crippen MR) is 90.7 cm³/mol. The SMILES string of the molecule is CC(C)CNCCCc1ncc(-c2cc(Br)ccc2Cl)o1. The maximum atomic E-state index is 6.20. The second kappa shape index (κ2) is 7.97. The smallest absolute Gasteiger partial charge is 0.194 e. The topological polar surface area (TPSA) is 38.1 Å². The van der Waals surface area contributed by atoms with E-state index in [0.29, 0.717) is 16.7 Å². The average Bonchev–Trinajstić information content (AvgIpc) is 2.89. The molecule has 0 fully saturated rings. The van der Waals surface area contributed by atoms with Gasteiger partial charge in [0, 0.05) is 16.5 Å². The van der Waals surface area contributed by atoms with Crippen LogP contribution in [-0.2, 0) is 6.42 Å². The van der Waals surface area contributed by atoms with Crippen molar-refractivity contribution in [1.29, 1.82) is 0 Å². The van der Waals surface area contributed by atoms with Crippen molar-refractivity contribution in [3.05, 3.63) is 39.8 Å². The normalized spacial score (nSPS) is 11.3. The minimum Gasteiger partial charge on any atom is -0.441 e. The van der Waals surface area contributed by atoms with Gasteiger partial charge in [-0.05, 0) is 43.6 Å². The molecular weight excluding hydrogens is 352 g/mol. The largest absolute Gasteiger partial charge is 0.441 e. The first-order valence-electron chi connectivity index (χ1n) is 7.17. The zero-order valence-electron chi connectivity index (χ0n) is 12.3. The van der Waals surface area contributed by atoms with Crippen LogP contribution >= 0.6 is 27.5 Å². The lowest BCUT2D eigenvalue weighted by Gasteiger charge is -2.05. The number of hydrogen-bond acceptors (Lipinski definition) is 3. The molecule has 21 heavy (non-hydrogen) atoms. The molecule has 1 N–H and O–H groups in total. The Labute approximate surface area is 139 Å². The summed E-state index contributed by atoms with van der Waals surface area (Å²) < 4.78 is 6.76. The first-order chi connectivity index (χ1) is 10.1. The fraction of sp³-hybridized carbons (Fsp3) is 0.438. The van der Waals surface area contributed by atoms with Crippen molar-refractivity contribution in [2.75, 3.05) is 13.1 Å². The molecule has 0 aliphatic rings. The van der Waals surface area contributed by atoms with Crippen LogP contribution in [0.1, 0.15) is 26.2 Å². The lowest BCUT2D eigenvalue weighted by atomic mass is 10.2. The van der Waals surface area contributed by atoms with Gasteiger partial charge < -0.3 is 9.73 Å². The number of halogens is 2. The van der Waals surface area contributed by atoms with Crippen molar-refractivity contribution in [3.63, 3.8) is 0 Å². The van der Waals surface area contributed by atoms with E-state index in [0.717, 1.165) is 41.9 Å². The maximum absolute atomic E-state index is 6.20. The fourth-order valence-electron chi connectivity index (χ4n) is 1.99. The van der Waals surface area contributed by atoms with Gasteiger partial charge in [-0.15, -0.1) is 0 Å². The van der Waals surface area contributed by atoms with Gasteiger partial charge in [0.25, 0.3) is 0 Å². The molecule has 1 heterocycles. The molecular formula is C16H20BrClN2O. The number of nitrogens with one attached hydrogen (secondary N) is 1. The third-order valence-electron chi connectivity index (χ3n) is 3.04. The Balaban J connectivity index is 1.91. The molecule has 5 heteroatoms. The number of benzene rings is 1. The lowest BCUT2D eigenvalue weighted by molar-refractivity contribution is 0.483. The van der Waals surface area contributed by atoms with Crippen LogP contribution in [0.25, 0.3) is 11.3 Å². The molecule has 2 aromatic rings. The predicted octanol–water partition coefficient (Wildman–Crippen LogP) is 4.94. The Kier molecular flexibility index (Phi) is 6.27. The van der Waals surface area contributed by atoms with Gasteiger partial charge in [-0.1, -0.05) is 41.4 Å². The monoisotopic (exact) mass is 370 g/mol. The van der Waals surface area contributed by atoms with Gasteiger partial charge in [0.15, 0.2) is 11.7 Å². The van der Waals surface area contributed by atoms with E-state index in [-0.39, 0.29) is 0 Å². The van der Waals surface area contributed by atoms with Crippen molar-refractivity contribution in [2.24, 2.45) is 5.92 Å². The van der Waals surface area contributed by atoms with Crippen molar-refractivity contribution in [2.45, 2.75) is 26.7 Å². The summed E-state index contributed by atoms with van der Waals surface area (Å²) in [5, 5.41) is 4.08. The van der Waals surface area contributed by atoms with E-state index in [2.05, 4.69) is 40.1 Å². The number of rotatable bonds is 7. The van der Waals surface area contributed by atoms with Gasteiger partial charge in [-0.3, -0.25) is 0 Å². The summed E-state index contributed by atoms with van der Waals surface area (Å²) >= 11 is 9.64. The van der Waals surface area contributed by atoms with Crippen LogP contribution in [0.5, 0.6) is 0 Å². The van der Waals surface area contributed by atoms with Gasteiger partial charge >= 0.3 is 0 Å². The molecule has 0 unspecified atom stereocenters. The number of nitrogens with zero attached hydrogens (tertiary/aromatic N) is 1. The minimum atomic E-state index is 0.666. The number of oxazole rings is 1. The van der Waals surface area contributed by atoms with E-state index < -0.39 is 0 Å². The van der Waals surface area contributed by atoms with Gasteiger partial charge in [0.05, 0.1) is 11.2 Å². The Hall–Kier alpha value is -0.840. The van der Waals surface area contributed by atoms with Gasteiger partial charge in [-0.2, -0.15) is 0 Å². The van der Waals surface area contributed by atoms with Crippen molar-refractivity contribution < 1.29 is 4.42 Å². The summed E-state index contributed by atoms with van der Waals surface area (Å²) in [4.78, 5) is 4.33. The third-order valence-corrected chi connectivity index (χ3v) is 3.87. The van der Waals surface area contributed by atoms with E-state index in [1.807, 2.05) is 18.2 Å². The highest BCUT2D eigenvalue weighted by Crippen LogP contribution is 2.31. The van der Waals surface area contributed by atoms with E-state index in [1.54, 1.807) is 6.20 Å². The summed E-state index contributed by atoms with van der Waals surface area (Å²) in [5.74, 6) is 2.15. The van der Waals surface area contributed by atoms with Crippen molar-refractivity contribution in [1.82, 2.24) is 10.3 Å². The molecule has 0 aliphatic carbocycles. The van der Waals surface area contributed by atoms with E-state index in [1.165, 1.54) is 0 Å². The number of aromatic nitrogens is 1. The molecule has 114 valence electrons. The standard InChI is InChI=1S/C16H20BrClN2O/c1-11(2)9-19-7-3-4-16-20-10-15(21-16)13-8-12(17)5-6-14(13)18/h5-6,8,10-11,19H,3-4,7,9H2,1-2H3. The van der Waals surface area contributed by atoms with Crippen LogP contribution in [0, 0.1) is 5.92 Å². The molecule has 1 aromatic carbocycles. The second-order valence-corrected chi connectivity index (χ2v) is 6.77. The minimum absolute atomic E-state index is 0.666. The molecule has 1 aromatic heterocycles. The molecule has 0 saturated carbocycles. The molecule has 0 radical (unpaired) electrons. The fourth-order valence-corrected chi connectivity index (χ4v) is 2.56. The quantitative estimate of drug-likeness (QED) is 0.701. The summed E-state index contributed by atoms with van der Waals surface area (Å²) in [6, 6.07) is 5.69. The summed E-state index contributed by atoms with van der Waals surface area (Å²) in [5.41, 5.74) is 0.864. The first kappa shape index (κ1) is 16.5. The maximum Gasteiger partial charge on any atom is 0.194 e. The third kappa shape index (κ3) is 5.13. The Morgan fingerprint density at radius 1 is 1.38 bits per heavy atom. The summed E-state index contributed by atoms with van der Waals surface area (Å²) in [7, 11) is 0. The van der Waals surface area contributed by atoms with Crippen molar-refractivity contribution in [3.8, 4) is 11.3 Å². The molecule has 0 spiro atoms. The molecule has 0 atom stereocenters. The van der Waals surface area contributed by atoms with Crippen molar-refractivity contribution >= 4 is 27.5 Å². The van der Waals surface area contributed by atoms with Crippen LogP contribution in [0.2, 0.25) is 5.02 Å². The zero-order valence-corrected chi connectivity index (χ0v) is 14.7. The van der Waals surface area contributed by atoms with Gasteiger partial charge in [0.2, 0.25) is 0 Å². The second-order valence-electron chi connectivity index (χ2n) is 5.44. The molecule has 0 saturated heterocycles. The average molecular weight is 372 g/mol. The van der Waals surface area contributed by atoms with Crippen LogP contribution in [-0.4, -0.2) is 18.1 Å². The van der Waals surface area contributed by atoms with E-state index >= 15 is 0 Å².